The number of fused-ring (bicyclic) bond motifs is 1. The minimum atomic E-state index is -1.55. The van der Waals surface area contributed by atoms with Crippen molar-refractivity contribution in [3.63, 3.8) is 0 Å². The predicted molar refractivity (Wildman–Crippen MR) is 91.8 cm³/mol. The number of aromatic amines is 1. The van der Waals surface area contributed by atoms with Crippen molar-refractivity contribution in [3.05, 3.63) is 18.2 Å². The van der Waals surface area contributed by atoms with Crippen LogP contribution in [0.5, 0.6) is 0 Å². The molecule has 24 heavy (non-hydrogen) atoms. The zero-order valence-corrected chi connectivity index (χ0v) is 15.4. The van der Waals surface area contributed by atoms with Crippen LogP contribution in [-0.2, 0) is 20.3 Å². The predicted octanol–water partition coefficient (Wildman–Crippen LogP) is 2.20. The van der Waals surface area contributed by atoms with E-state index in [1.54, 1.807) is 18.2 Å². The van der Waals surface area contributed by atoms with Crippen molar-refractivity contribution in [2.45, 2.75) is 30.0 Å². The van der Waals surface area contributed by atoms with Crippen LogP contribution >= 0.6 is 0 Å². The fourth-order valence-electron chi connectivity index (χ4n) is 2.19. The molecule has 1 aromatic carbocycles. The maximum atomic E-state index is 13.0. The van der Waals surface area contributed by atoms with Gasteiger partial charge in [-0.25, -0.2) is 14.0 Å². The summed E-state index contributed by atoms with van der Waals surface area (Å²) in [5.74, 6) is 0.110. The number of nitrogens with zero attached hydrogens (tertiary/aromatic N) is 1. The molecule has 1 atom stereocenters. The van der Waals surface area contributed by atoms with Crippen LogP contribution in [-0.4, -0.2) is 52.9 Å². The number of hydrogen-bond donors (Lipinski definition) is 3. The lowest BCUT2D eigenvalue weighted by molar-refractivity contribution is -0.113. The number of H-pyrrole nitrogens is 1. The summed E-state index contributed by atoms with van der Waals surface area (Å²) in [6.07, 6.45) is -1.21. The van der Waals surface area contributed by atoms with Crippen LogP contribution in [0, 0.1) is 0 Å². The Morgan fingerprint density at radius 3 is 2.62 bits per heavy atom. The van der Waals surface area contributed by atoms with Crippen LogP contribution in [0.4, 0.5) is 10.7 Å². The summed E-state index contributed by atoms with van der Waals surface area (Å²) >= 11 is 0. The fourth-order valence-corrected chi connectivity index (χ4v) is 5.03. The van der Waals surface area contributed by atoms with Gasteiger partial charge >= 0.3 is 6.09 Å². The number of aromatic nitrogens is 2. The summed E-state index contributed by atoms with van der Waals surface area (Å²) in [4.78, 5) is 18.1. The molecule has 2 rings (SSSR count). The highest BCUT2D eigenvalue weighted by atomic mass is 32.2. The summed E-state index contributed by atoms with van der Waals surface area (Å²) in [7, 11) is -1.40. The van der Waals surface area contributed by atoms with E-state index in [0.29, 0.717) is 29.1 Å². The van der Waals surface area contributed by atoms with Crippen molar-refractivity contribution in [1.29, 1.82) is 0 Å². The first-order valence-corrected chi connectivity index (χ1v) is 9.99. The number of hydrogen-bond acceptors (Lipinski definition) is 5. The average molecular weight is 369 g/mol. The Morgan fingerprint density at radius 2 is 2.08 bits per heavy atom. The highest BCUT2D eigenvalue weighted by Crippen LogP contribution is 2.26. The van der Waals surface area contributed by atoms with E-state index in [-0.39, 0.29) is 15.5 Å². The minimum absolute atomic E-state index is 0.110. The van der Waals surface area contributed by atoms with E-state index in [4.69, 9.17) is 14.6 Å². The van der Waals surface area contributed by atoms with Crippen LogP contribution < -0.4 is 5.32 Å². The van der Waals surface area contributed by atoms with Crippen molar-refractivity contribution in [2.24, 2.45) is 0 Å². The van der Waals surface area contributed by atoms with Crippen LogP contribution in [0.1, 0.15) is 13.8 Å². The normalized spacial score (nSPS) is 13.1. The zero-order chi connectivity index (χ0) is 17.7. The van der Waals surface area contributed by atoms with Crippen molar-refractivity contribution >= 4 is 43.4 Å². The molecule has 0 bridgehead atoms. The SMILES string of the molecule is CCOC(OCC)([Si]C)S(=O)c1ccc2nc(NC(=O)O)[nH]c2c1. The molecule has 2 aromatic rings. The number of nitrogens with one attached hydrogen (secondary N) is 2. The molecule has 3 N–H and O–H groups in total. The monoisotopic (exact) mass is 369 g/mol. The van der Waals surface area contributed by atoms with Gasteiger partial charge in [0.05, 0.1) is 11.0 Å². The molecule has 0 saturated carbocycles. The molecule has 0 fully saturated rings. The Kier molecular flexibility index (Phi) is 6.10. The Labute approximate surface area is 144 Å². The Bertz CT molecular complexity index is 745. The van der Waals surface area contributed by atoms with Gasteiger partial charge in [-0.3, -0.25) is 5.32 Å². The molecule has 1 heterocycles. The van der Waals surface area contributed by atoms with Crippen molar-refractivity contribution in [1.82, 2.24) is 9.97 Å². The molecule has 0 aliphatic rings. The second-order valence-corrected chi connectivity index (χ2v) is 7.70. The second-order valence-electron chi connectivity index (χ2n) is 4.64. The highest BCUT2D eigenvalue weighted by Gasteiger charge is 2.38. The maximum absolute atomic E-state index is 13.0. The first-order chi connectivity index (χ1) is 11.5. The number of rotatable bonds is 8. The topological polar surface area (TPSA) is 114 Å². The van der Waals surface area contributed by atoms with E-state index in [2.05, 4.69) is 15.3 Å². The number of ether oxygens (including phenoxy) is 2. The summed E-state index contributed by atoms with van der Waals surface area (Å²) in [5, 5.41) is 10.9. The fraction of sp³-hybridized carbons (Fsp3) is 0.429. The molecule has 0 aliphatic carbocycles. The molecular formula is C14H19N3O5SSi. The molecule has 0 aliphatic heterocycles. The average Bonchev–Trinajstić information content (AvgIpc) is 2.94. The van der Waals surface area contributed by atoms with Crippen LogP contribution in [0.25, 0.3) is 11.0 Å². The van der Waals surface area contributed by atoms with Gasteiger partial charge in [0.2, 0.25) is 10.7 Å². The van der Waals surface area contributed by atoms with E-state index in [0.717, 1.165) is 0 Å². The molecule has 10 heteroatoms. The van der Waals surface area contributed by atoms with E-state index in [9.17, 15) is 9.00 Å². The first kappa shape index (κ1) is 18.6. The Hall–Kier alpha value is -1.75. The molecule has 130 valence electrons. The van der Waals surface area contributed by atoms with Crippen molar-refractivity contribution in [3.8, 4) is 0 Å². The molecule has 1 amide bonds. The lowest BCUT2D eigenvalue weighted by Crippen LogP contribution is -2.45. The van der Waals surface area contributed by atoms with E-state index >= 15 is 0 Å². The molecule has 8 nitrogen and oxygen atoms in total. The third-order valence-electron chi connectivity index (χ3n) is 3.11. The van der Waals surface area contributed by atoms with Crippen LogP contribution in [0.3, 0.4) is 0 Å². The zero-order valence-electron chi connectivity index (χ0n) is 13.6. The number of amides is 1. The highest BCUT2D eigenvalue weighted by molar-refractivity contribution is 7.87. The van der Waals surface area contributed by atoms with Crippen molar-refractivity contribution < 1.29 is 23.6 Å². The van der Waals surface area contributed by atoms with Gasteiger partial charge in [0, 0.05) is 18.1 Å². The van der Waals surface area contributed by atoms with Gasteiger partial charge in [-0.05, 0) is 32.0 Å². The summed E-state index contributed by atoms with van der Waals surface area (Å²) < 4.78 is 23.2. The van der Waals surface area contributed by atoms with Gasteiger partial charge in [0.1, 0.15) is 20.3 Å². The molecular weight excluding hydrogens is 350 g/mol. The third-order valence-corrected chi connectivity index (χ3v) is 6.59. The molecule has 2 radical (unpaired) electrons. The molecule has 1 unspecified atom stereocenters. The largest absolute Gasteiger partial charge is 0.465 e. The van der Waals surface area contributed by atoms with Gasteiger partial charge in [0.25, 0.3) is 0 Å². The lowest BCUT2D eigenvalue weighted by atomic mass is 10.3. The number of carboxylic acid groups (broad SMARTS) is 1. The van der Waals surface area contributed by atoms with E-state index in [1.165, 1.54) is 0 Å². The maximum Gasteiger partial charge on any atom is 0.411 e. The summed E-state index contributed by atoms with van der Waals surface area (Å²) in [5.41, 5.74) is 1.14. The van der Waals surface area contributed by atoms with Crippen LogP contribution in [0.15, 0.2) is 23.1 Å². The van der Waals surface area contributed by atoms with Gasteiger partial charge in [-0.1, -0.05) is 6.55 Å². The number of anilines is 1. The number of imidazole rings is 1. The lowest BCUT2D eigenvalue weighted by Gasteiger charge is -2.31. The minimum Gasteiger partial charge on any atom is -0.465 e. The van der Waals surface area contributed by atoms with Gasteiger partial charge in [-0.2, -0.15) is 0 Å². The van der Waals surface area contributed by atoms with Crippen molar-refractivity contribution in [2.75, 3.05) is 18.5 Å². The molecule has 0 spiro atoms. The van der Waals surface area contributed by atoms with Gasteiger partial charge in [-0.15, -0.1) is 0 Å². The van der Waals surface area contributed by atoms with E-state index in [1.807, 2.05) is 20.4 Å². The smallest absolute Gasteiger partial charge is 0.411 e. The number of carbonyl (C=O) groups is 1. The van der Waals surface area contributed by atoms with Gasteiger partial charge < -0.3 is 19.6 Å². The molecule has 1 aromatic heterocycles. The van der Waals surface area contributed by atoms with Gasteiger partial charge in [0.15, 0.2) is 0 Å². The van der Waals surface area contributed by atoms with Crippen LogP contribution in [0.2, 0.25) is 6.55 Å². The second kappa shape index (κ2) is 7.88. The summed E-state index contributed by atoms with van der Waals surface area (Å²) in [6.45, 7) is 6.30. The molecule has 0 saturated heterocycles. The van der Waals surface area contributed by atoms with E-state index < -0.39 is 21.6 Å². The third kappa shape index (κ3) is 3.83. The first-order valence-electron chi connectivity index (χ1n) is 7.34. The summed E-state index contributed by atoms with van der Waals surface area (Å²) in [6, 6.07) is 5.02. The Morgan fingerprint density at radius 1 is 1.42 bits per heavy atom. The Balaban J connectivity index is 2.38. The number of benzene rings is 1. The standard InChI is InChI=1S/C14H19N3O5SSi/c1-4-21-14(24-3,22-5-2)23(20)9-6-7-10-11(8-9)16-12(15-10)17-13(18)19/h6-8H,4-5H2,1-3H3,(H,18,19)(H2,15,16,17). The quantitative estimate of drug-likeness (QED) is 0.485.